The zero-order chi connectivity index (χ0) is 24.6. The van der Waals surface area contributed by atoms with Gasteiger partial charge in [-0.2, -0.15) is 0 Å². The Morgan fingerprint density at radius 3 is 2.50 bits per heavy atom. The zero-order valence-electron chi connectivity index (χ0n) is 19.3. The van der Waals surface area contributed by atoms with Crippen LogP contribution in [0.15, 0.2) is 57.7 Å². The molecule has 0 aliphatic carbocycles. The standard InChI is InChI=1S/C25H27NO8/c1-13-16-11-10-15(12-17(16)32-22(28)18(13)14-8-6-5-7-9-14)31-23-20(33-24(26)29)19(27)21(30-4)25(2,3)34-23/h5-12,19-21,23,27H,1-4H3,(H2,26,29)/t19-,20-,21+,23?/m0/s1. The Morgan fingerprint density at radius 1 is 1.15 bits per heavy atom. The number of hydrogen-bond acceptors (Lipinski definition) is 8. The number of benzene rings is 2. The predicted octanol–water partition coefficient (Wildman–Crippen LogP) is 3.12. The van der Waals surface area contributed by atoms with Crippen LogP contribution in [0.25, 0.3) is 22.1 Å². The van der Waals surface area contributed by atoms with Gasteiger partial charge >= 0.3 is 11.7 Å². The van der Waals surface area contributed by atoms with Crippen molar-refractivity contribution < 1.29 is 33.3 Å². The topological polar surface area (TPSA) is 130 Å². The van der Waals surface area contributed by atoms with E-state index in [9.17, 15) is 14.7 Å². The van der Waals surface area contributed by atoms with Gasteiger partial charge in [-0.3, -0.25) is 0 Å². The van der Waals surface area contributed by atoms with E-state index in [0.29, 0.717) is 11.1 Å². The average molecular weight is 469 g/mol. The molecule has 1 unspecified atom stereocenters. The minimum Gasteiger partial charge on any atom is -0.461 e. The third-order valence-corrected chi connectivity index (χ3v) is 5.98. The van der Waals surface area contributed by atoms with Crippen LogP contribution in [0.4, 0.5) is 4.79 Å². The van der Waals surface area contributed by atoms with Crippen molar-refractivity contribution in [1.82, 2.24) is 0 Å². The van der Waals surface area contributed by atoms with Crippen molar-refractivity contribution >= 4 is 17.1 Å². The number of rotatable bonds is 5. The van der Waals surface area contributed by atoms with Gasteiger partial charge in [0.2, 0.25) is 6.29 Å². The molecule has 9 nitrogen and oxygen atoms in total. The maximum Gasteiger partial charge on any atom is 0.405 e. The summed E-state index contributed by atoms with van der Waals surface area (Å²) < 4.78 is 27.9. The van der Waals surface area contributed by atoms with Gasteiger partial charge in [-0.25, -0.2) is 9.59 Å². The summed E-state index contributed by atoms with van der Waals surface area (Å²) in [6, 6.07) is 14.3. The molecule has 34 heavy (non-hydrogen) atoms. The highest BCUT2D eigenvalue weighted by atomic mass is 16.7. The fourth-order valence-electron chi connectivity index (χ4n) is 4.43. The molecule has 1 aliphatic heterocycles. The van der Waals surface area contributed by atoms with Crippen LogP contribution in [0.1, 0.15) is 19.4 Å². The molecule has 2 aromatic carbocycles. The third-order valence-electron chi connectivity index (χ3n) is 5.98. The third kappa shape index (κ3) is 4.37. The maximum atomic E-state index is 12.8. The quantitative estimate of drug-likeness (QED) is 0.545. The molecule has 0 saturated carbocycles. The molecule has 180 valence electrons. The molecule has 0 radical (unpaired) electrons. The van der Waals surface area contributed by atoms with E-state index in [1.54, 1.807) is 32.0 Å². The Bertz CT molecular complexity index is 1250. The van der Waals surface area contributed by atoms with E-state index in [1.807, 2.05) is 37.3 Å². The lowest BCUT2D eigenvalue weighted by Crippen LogP contribution is -2.65. The first-order valence-electron chi connectivity index (χ1n) is 10.8. The number of amides is 1. The first-order valence-corrected chi connectivity index (χ1v) is 10.8. The fraction of sp³-hybridized carbons (Fsp3) is 0.360. The minimum atomic E-state index is -1.26. The molecule has 4 rings (SSSR count). The van der Waals surface area contributed by atoms with Crippen molar-refractivity contribution in [3.8, 4) is 16.9 Å². The van der Waals surface area contributed by atoms with Gasteiger partial charge in [0.05, 0.1) is 11.2 Å². The molecule has 1 aromatic heterocycles. The summed E-state index contributed by atoms with van der Waals surface area (Å²) in [5, 5.41) is 11.5. The Hall–Kier alpha value is -3.40. The van der Waals surface area contributed by atoms with E-state index < -0.39 is 41.9 Å². The van der Waals surface area contributed by atoms with Crippen LogP contribution in [-0.2, 0) is 14.2 Å². The van der Waals surface area contributed by atoms with Gasteiger partial charge in [0.1, 0.15) is 23.5 Å². The van der Waals surface area contributed by atoms with Gasteiger partial charge < -0.3 is 34.2 Å². The second kappa shape index (κ2) is 9.09. The van der Waals surface area contributed by atoms with Crippen LogP contribution in [0.2, 0.25) is 0 Å². The van der Waals surface area contributed by atoms with E-state index in [2.05, 4.69) is 0 Å². The highest BCUT2D eigenvalue weighted by molar-refractivity contribution is 5.87. The second-order valence-electron chi connectivity index (χ2n) is 8.67. The molecule has 1 aliphatic rings. The van der Waals surface area contributed by atoms with Crippen molar-refractivity contribution in [3.05, 3.63) is 64.5 Å². The van der Waals surface area contributed by atoms with Crippen LogP contribution in [0.3, 0.4) is 0 Å². The first-order chi connectivity index (χ1) is 16.1. The van der Waals surface area contributed by atoms with E-state index in [1.165, 1.54) is 7.11 Å². The van der Waals surface area contributed by atoms with E-state index in [0.717, 1.165) is 16.5 Å². The average Bonchev–Trinajstić information content (AvgIpc) is 2.76. The number of aliphatic hydroxyl groups excluding tert-OH is 1. The fourth-order valence-corrected chi connectivity index (χ4v) is 4.43. The van der Waals surface area contributed by atoms with E-state index >= 15 is 0 Å². The van der Waals surface area contributed by atoms with Crippen LogP contribution in [0.5, 0.6) is 5.75 Å². The van der Waals surface area contributed by atoms with E-state index in [4.69, 9.17) is 29.1 Å². The number of primary amides is 1. The van der Waals surface area contributed by atoms with Crippen molar-refractivity contribution in [2.24, 2.45) is 5.73 Å². The Balaban J connectivity index is 1.69. The molecule has 0 spiro atoms. The molecular formula is C25H27NO8. The lowest BCUT2D eigenvalue weighted by molar-refractivity contribution is -0.304. The molecule has 1 amide bonds. The summed E-state index contributed by atoms with van der Waals surface area (Å²) in [5.74, 6) is 0.282. The van der Waals surface area contributed by atoms with Gasteiger partial charge in [0, 0.05) is 18.6 Å². The van der Waals surface area contributed by atoms with Gasteiger partial charge in [-0.1, -0.05) is 30.3 Å². The van der Waals surface area contributed by atoms with Gasteiger partial charge in [-0.15, -0.1) is 0 Å². The Kier molecular flexibility index (Phi) is 6.35. The lowest BCUT2D eigenvalue weighted by atomic mass is 9.89. The summed E-state index contributed by atoms with van der Waals surface area (Å²) in [7, 11) is 1.42. The summed E-state index contributed by atoms with van der Waals surface area (Å²) in [6.45, 7) is 5.29. The number of nitrogens with two attached hydrogens (primary N) is 1. The molecule has 0 bridgehead atoms. The molecule has 1 saturated heterocycles. The number of aliphatic hydroxyl groups is 1. The highest BCUT2D eigenvalue weighted by Gasteiger charge is 2.52. The predicted molar refractivity (Wildman–Crippen MR) is 123 cm³/mol. The highest BCUT2D eigenvalue weighted by Crippen LogP contribution is 2.35. The monoisotopic (exact) mass is 469 g/mol. The molecule has 3 N–H and O–H groups in total. The van der Waals surface area contributed by atoms with Crippen LogP contribution in [0, 0.1) is 6.92 Å². The van der Waals surface area contributed by atoms with Crippen molar-refractivity contribution in [1.29, 1.82) is 0 Å². The number of hydrogen-bond donors (Lipinski definition) is 2. The van der Waals surface area contributed by atoms with Gasteiger partial charge in [-0.05, 0) is 44.0 Å². The maximum absolute atomic E-state index is 12.8. The molecular weight excluding hydrogens is 442 g/mol. The Morgan fingerprint density at radius 2 is 1.85 bits per heavy atom. The number of methoxy groups -OCH3 is 1. The zero-order valence-corrected chi connectivity index (χ0v) is 19.3. The molecule has 1 fully saturated rings. The number of ether oxygens (including phenoxy) is 4. The SMILES string of the molecule is CO[C@@H]1[C@@H](O)[C@H](OC(N)=O)C(Oc2ccc3c(C)c(-c4ccccc4)c(=O)oc3c2)OC1(C)C. The van der Waals surface area contributed by atoms with Crippen molar-refractivity contribution in [2.75, 3.05) is 7.11 Å². The van der Waals surface area contributed by atoms with Gasteiger partial charge in [0.25, 0.3) is 0 Å². The van der Waals surface area contributed by atoms with Crippen molar-refractivity contribution in [2.45, 2.75) is 51.0 Å². The number of carbonyl (C=O) groups is 1. The first kappa shape index (κ1) is 23.7. The summed E-state index contributed by atoms with van der Waals surface area (Å²) in [5.41, 5.74) is 6.09. The number of carbonyl (C=O) groups excluding carboxylic acids is 1. The van der Waals surface area contributed by atoms with Crippen molar-refractivity contribution in [3.63, 3.8) is 0 Å². The smallest absolute Gasteiger partial charge is 0.405 e. The summed E-state index contributed by atoms with van der Waals surface area (Å²) in [4.78, 5) is 24.2. The van der Waals surface area contributed by atoms with Crippen LogP contribution in [-0.4, -0.2) is 48.5 Å². The number of fused-ring (bicyclic) bond motifs is 1. The van der Waals surface area contributed by atoms with E-state index in [-0.39, 0.29) is 5.75 Å². The summed E-state index contributed by atoms with van der Waals surface area (Å²) in [6.07, 6.45) is -5.60. The minimum absolute atomic E-state index is 0.282. The van der Waals surface area contributed by atoms with Crippen LogP contribution < -0.4 is 16.1 Å². The second-order valence-corrected chi connectivity index (χ2v) is 8.67. The normalized spacial score (nSPS) is 24.0. The largest absolute Gasteiger partial charge is 0.461 e. The number of aryl methyl sites for hydroxylation is 1. The molecule has 3 aromatic rings. The summed E-state index contributed by atoms with van der Waals surface area (Å²) >= 11 is 0. The Labute approximate surface area is 196 Å². The van der Waals surface area contributed by atoms with Crippen LogP contribution >= 0.6 is 0 Å². The lowest BCUT2D eigenvalue weighted by Gasteiger charge is -2.47. The molecule has 4 atom stereocenters. The molecule has 2 heterocycles. The van der Waals surface area contributed by atoms with Gasteiger partial charge in [0.15, 0.2) is 6.10 Å². The molecule has 9 heteroatoms.